The highest BCUT2D eigenvalue weighted by Crippen LogP contribution is 2.28. The fourth-order valence-electron chi connectivity index (χ4n) is 3.58. The number of carboxylic acid groups (broad SMARTS) is 1. The predicted molar refractivity (Wildman–Crippen MR) is 114 cm³/mol. The third-order valence-corrected chi connectivity index (χ3v) is 5.12. The summed E-state index contributed by atoms with van der Waals surface area (Å²) >= 11 is 0. The van der Waals surface area contributed by atoms with Crippen LogP contribution in [-0.4, -0.2) is 31.8 Å². The summed E-state index contributed by atoms with van der Waals surface area (Å²) in [5, 5.41) is 14.5. The Bertz CT molecular complexity index is 1310. The van der Waals surface area contributed by atoms with Gasteiger partial charge in [0.25, 0.3) is 0 Å². The maximum Gasteiger partial charge on any atom is 0.573 e. The molecule has 7 nitrogen and oxygen atoms in total. The molecule has 0 aliphatic rings. The van der Waals surface area contributed by atoms with E-state index in [4.69, 9.17) is 9.84 Å². The molecular formula is C23H20F3N3O4. The van der Waals surface area contributed by atoms with E-state index < -0.39 is 12.3 Å². The average Bonchev–Trinajstić information content (AvgIpc) is 3.29. The predicted octanol–water partition coefficient (Wildman–Crippen LogP) is 4.91. The highest BCUT2D eigenvalue weighted by Gasteiger charge is 2.31. The molecule has 1 N–H and O–H groups in total. The minimum absolute atomic E-state index is 0.149. The van der Waals surface area contributed by atoms with E-state index in [1.807, 2.05) is 19.1 Å². The first-order valence-electron chi connectivity index (χ1n) is 9.92. The molecule has 2 heterocycles. The number of benzene rings is 2. The summed E-state index contributed by atoms with van der Waals surface area (Å²) in [7, 11) is 1.75. The van der Waals surface area contributed by atoms with Crippen molar-refractivity contribution in [2.24, 2.45) is 7.05 Å². The van der Waals surface area contributed by atoms with Gasteiger partial charge in [-0.25, -0.2) is 0 Å². The van der Waals surface area contributed by atoms with Crippen molar-refractivity contribution in [3.63, 3.8) is 0 Å². The summed E-state index contributed by atoms with van der Waals surface area (Å²) in [6.07, 6.45) is -3.01. The first-order valence-corrected chi connectivity index (χ1v) is 9.92. The van der Waals surface area contributed by atoms with Crippen LogP contribution in [0.15, 0.2) is 54.7 Å². The van der Waals surface area contributed by atoms with Gasteiger partial charge in [-0.3, -0.25) is 9.48 Å². The number of aryl methyl sites for hydroxylation is 2. The third kappa shape index (κ3) is 5.11. The first-order chi connectivity index (χ1) is 15.6. The molecule has 2 aromatic heterocycles. The molecular weight excluding hydrogens is 439 g/mol. The van der Waals surface area contributed by atoms with Gasteiger partial charge in [-0.05, 0) is 55.0 Å². The Morgan fingerprint density at radius 2 is 1.82 bits per heavy atom. The summed E-state index contributed by atoms with van der Waals surface area (Å²) in [4.78, 5) is 11.1. The fraction of sp³-hybridized carbons (Fsp3) is 0.217. The normalized spacial score (nSPS) is 11.7. The molecule has 0 spiro atoms. The van der Waals surface area contributed by atoms with Gasteiger partial charge in [-0.1, -0.05) is 0 Å². The number of nitrogens with zero attached hydrogens (tertiary/aromatic N) is 3. The fourth-order valence-corrected chi connectivity index (χ4v) is 3.58. The van der Waals surface area contributed by atoms with Crippen LogP contribution in [-0.2, 0) is 25.0 Å². The molecule has 0 aliphatic carbocycles. The highest BCUT2D eigenvalue weighted by molar-refractivity contribution is 5.86. The van der Waals surface area contributed by atoms with Gasteiger partial charge in [0.2, 0.25) is 0 Å². The van der Waals surface area contributed by atoms with E-state index in [9.17, 15) is 18.0 Å². The second kappa shape index (κ2) is 8.53. The number of alkyl halides is 3. The Balaban J connectivity index is 1.51. The first kappa shape index (κ1) is 22.3. The number of fused-ring (bicyclic) bond motifs is 1. The lowest BCUT2D eigenvalue weighted by atomic mass is 10.1. The van der Waals surface area contributed by atoms with Gasteiger partial charge in [-0.15, -0.1) is 13.2 Å². The van der Waals surface area contributed by atoms with Crippen molar-refractivity contribution in [1.29, 1.82) is 0 Å². The molecule has 172 valence electrons. The molecule has 0 bridgehead atoms. The van der Waals surface area contributed by atoms with Gasteiger partial charge < -0.3 is 19.1 Å². The number of ether oxygens (including phenoxy) is 2. The maximum atomic E-state index is 12.3. The van der Waals surface area contributed by atoms with E-state index in [-0.39, 0.29) is 18.9 Å². The van der Waals surface area contributed by atoms with Crippen LogP contribution in [0.4, 0.5) is 13.2 Å². The summed E-state index contributed by atoms with van der Waals surface area (Å²) in [6.45, 7) is 1.97. The number of aliphatic carboxylic acids is 1. The molecule has 2 aromatic carbocycles. The van der Waals surface area contributed by atoms with E-state index >= 15 is 0 Å². The molecule has 10 heteroatoms. The summed E-state index contributed by atoms with van der Waals surface area (Å²) in [6, 6.07) is 12.8. The van der Waals surface area contributed by atoms with Crippen LogP contribution in [0.2, 0.25) is 0 Å². The lowest BCUT2D eigenvalue weighted by Gasteiger charge is -2.10. The van der Waals surface area contributed by atoms with Crippen molar-refractivity contribution in [3.05, 3.63) is 66.0 Å². The lowest BCUT2D eigenvalue weighted by molar-refractivity contribution is -0.274. The number of rotatable bonds is 7. The van der Waals surface area contributed by atoms with E-state index in [0.29, 0.717) is 17.0 Å². The third-order valence-electron chi connectivity index (χ3n) is 5.12. The van der Waals surface area contributed by atoms with Crippen LogP contribution in [0.1, 0.15) is 11.3 Å². The number of carbonyl (C=O) groups is 1. The Kier molecular flexibility index (Phi) is 5.75. The van der Waals surface area contributed by atoms with Crippen LogP contribution in [0, 0.1) is 6.92 Å². The SMILES string of the molecule is Cc1cc(OCc2cc(-c3ccc(OC(F)(F)F)cc3)nn2C)cc2c1ccn2CC(=O)O. The van der Waals surface area contributed by atoms with Crippen LogP contribution >= 0.6 is 0 Å². The smallest absolute Gasteiger partial charge is 0.487 e. The molecule has 4 aromatic rings. The van der Waals surface area contributed by atoms with Gasteiger partial charge in [0, 0.05) is 30.3 Å². The summed E-state index contributed by atoms with van der Waals surface area (Å²) < 4.78 is 50.1. The Hall–Kier alpha value is -3.95. The average molecular weight is 459 g/mol. The minimum Gasteiger partial charge on any atom is -0.487 e. The van der Waals surface area contributed by atoms with Crippen LogP contribution < -0.4 is 9.47 Å². The monoisotopic (exact) mass is 459 g/mol. The van der Waals surface area contributed by atoms with Gasteiger partial charge in [-0.2, -0.15) is 5.10 Å². The van der Waals surface area contributed by atoms with Gasteiger partial charge in [0.15, 0.2) is 0 Å². The maximum absolute atomic E-state index is 12.3. The van der Waals surface area contributed by atoms with Gasteiger partial charge >= 0.3 is 12.3 Å². The zero-order chi connectivity index (χ0) is 23.8. The van der Waals surface area contributed by atoms with Crippen molar-refractivity contribution in [2.45, 2.75) is 26.4 Å². The Morgan fingerprint density at radius 1 is 1.09 bits per heavy atom. The number of carboxylic acids is 1. The van der Waals surface area contributed by atoms with Crippen molar-refractivity contribution in [1.82, 2.24) is 14.3 Å². The molecule has 0 saturated carbocycles. The number of hydrogen-bond donors (Lipinski definition) is 1. The van der Waals surface area contributed by atoms with Gasteiger partial charge in [0.1, 0.15) is 24.7 Å². The van der Waals surface area contributed by atoms with Crippen molar-refractivity contribution >= 4 is 16.9 Å². The molecule has 0 unspecified atom stereocenters. The van der Waals surface area contributed by atoms with Crippen LogP contribution in [0.25, 0.3) is 22.2 Å². The van der Waals surface area contributed by atoms with E-state index in [1.165, 1.54) is 24.3 Å². The van der Waals surface area contributed by atoms with Crippen molar-refractivity contribution in [3.8, 4) is 22.8 Å². The quantitative estimate of drug-likeness (QED) is 0.425. The Morgan fingerprint density at radius 3 is 2.48 bits per heavy atom. The highest BCUT2D eigenvalue weighted by atomic mass is 19.4. The lowest BCUT2D eigenvalue weighted by Crippen LogP contribution is -2.16. The van der Waals surface area contributed by atoms with E-state index in [1.54, 1.807) is 34.6 Å². The molecule has 0 atom stereocenters. The second-order valence-electron chi connectivity index (χ2n) is 7.52. The molecule has 0 fully saturated rings. The zero-order valence-corrected chi connectivity index (χ0v) is 17.8. The van der Waals surface area contributed by atoms with Crippen molar-refractivity contribution in [2.75, 3.05) is 0 Å². The summed E-state index contributed by atoms with van der Waals surface area (Å²) in [5.41, 5.74) is 3.68. The number of aromatic nitrogens is 3. The molecule has 0 radical (unpaired) electrons. The Labute approximate surface area is 186 Å². The summed E-state index contributed by atoms with van der Waals surface area (Å²) in [5.74, 6) is -0.650. The number of halogens is 3. The van der Waals surface area contributed by atoms with Crippen LogP contribution in [0.3, 0.4) is 0 Å². The molecule has 33 heavy (non-hydrogen) atoms. The largest absolute Gasteiger partial charge is 0.573 e. The van der Waals surface area contributed by atoms with E-state index in [0.717, 1.165) is 22.2 Å². The standard InChI is InChI=1S/C23H20F3N3O4/c1-14-9-18(11-21-19(14)7-8-29(21)12-22(30)31)32-13-16-10-20(27-28(16)2)15-3-5-17(6-4-15)33-23(24,25)26/h3-11H,12-13H2,1-2H3,(H,30,31). The zero-order valence-electron chi connectivity index (χ0n) is 17.8. The molecule has 4 rings (SSSR count). The topological polar surface area (TPSA) is 78.5 Å². The second-order valence-corrected chi connectivity index (χ2v) is 7.52. The molecule has 0 amide bonds. The molecule has 0 saturated heterocycles. The minimum atomic E-state index is -4.74. The van der Waals surface area contributed by atoms with Gasteiger partial charge in [0.05, 0.1) is 16.9 Å². The molecule has 0 aliphatic heterocycles. The van der Waals surface area contributed by atoms with Crippen LogP contribution in [0.5, 0.6) is 11.5 Å². The number of hydrogen-bond acceptors (Lipinski definition) is 4. The van der Waals surface area contributed by atoms with Crippen molar-refractivity contribution < 1.29 is 32.5 Å². The van der Waals surface area contributed by atoms with E-state index in [2.05, 4.69) is 9.84 Å².